The Morgan fingerprint density at radius 3 is 2.40 bits per heavy atom. The molecule has 0 fully saturated rings. The van der Waals surface area contributed by atoms with Crippen molar-refractivity contribution in [2.24, 2.45) is 0 Å². The highest BCUT2D eigenvalue weighted by Gasteiger charge is 2.05. The Morgan fingerprint density at radius 1 is 1.27 bits per heavy atom. The van der Waals surface area contributed by atoms with Crippen molar-refractivity contribution in [1.29, 1.82) is 0 Å². The van der Waals surface area contributed by atoms with Gasteiger partial charge in [0.15, 0.2) is 0 Å². The molecule has 0 aromatic heterocycles. The van der Waals surface area contributed by atoms with Gasteiger partial charge in [-0.25, -0.2) is 9.59 Å². The molecule has 1 N–H and O–H groups in total. The van der Waals surface area contributed by atoms with Crippen LogP contribution >= 0.6 is 0 Å². The summed E-state index contributed by atoms with van der Waals surface area (Å²) < 4.78 is 9.15. The number of aliphatic hydroxyl groups excluding tert-OH is 1. The van der Waals surface area contributed by atoms with Crippen molar-refractivity contribution in [1.82, 2.24) is 0 Å². The smallest absolute Gasteiger partial charge is 0.333 e. The van der Waals surface area contributed by atoms with Crippen molar-refractivity contribution >= 4 is 11.9 Å². The SMILES string of the molecule is CCCOC(=O)/C=C\C(=O)OC(O)CC. The van der Waals surface area contributed by atoms with Crippen LogP contribution in [0.5, 0.6) is 0 Å². The van der Waals surface area contributed by atoms with Gasteiger partial charge < -0.3 is 14.6 Å². The molecule has 0 aliphatic heterocycles. The average Bonchev–Trinajstić information content (AvgIpc) is 2.23. The van der Waals surface area contributed by atoms with E-state index in [0.717, 1.165) is 18.6 Å². The molecule has 86 valence electrons. The minimum atomic E-state index is -1.13. The third-order valence-corrected chi connectivity index (χ3v) is 1.41. The molecular formula is C10H16O5. The first-order chi connectivity index (χ1) is 7.10. The lowest BCUT2D eigenvalue weighted by Gasteiger charge is -2.06. The van der Waals surface area contributed by atoms with Crippen LogP contribution in [-0.2, 0) is 19.1 Å². The molecule has 0 aromatic carbocycles. The van der Waals surface area contributed by atoms with Crippen LogP contribution < -0.4 is 0 Å². The topological polar surface area (TPSA) is 72.8 Å². The number of carbonyl (C=O) groups is 2. The second-order valence-electron chi connectivity index (χ2n) is 2.80. The molecular weight excluding hydrogens is 200 g/mol. The third kappa shape index (κ3) is 7.69. The molecule has 0 aromatic rings. The van der Waals surface area contributed by atoms with Gasteiger partial charge in [-0.1, -0.05) is 13.8 Å². The van der Waals surface area contributed by atoms with Gasteiger partial charge in [0.25, 0.3) is 0 Å². The molecule has 0 amide bonds. The predicted molar refractivity (Wildman–Crippen MR) is 52.8 cm³/mol. The van der Waals surface area contributed by atoms with E-state index in [4.69, 9.17) is 5.11 Å². The number of hydrogen-bond acceptors (Lipinski definition) is 5. The Labute approximate surface area is 88.7 Å². The second-order valence-corrected chi connectivity index (χ2v) is 2.80. The highest BCUT2D eigenvalue weighted by atomic mass is 16.6. The largest absolute Gasteiger partial charge is 0.463 e. The Bertz CT molecular complexity index is 234. The van der Waals surface area contributed by atoms with Gasteiger partial charge in [-0.3, -0.25) is 0 Å². The van der Waals surface area contributed by atoms with E-state index in [1.165, 1.54) is 0 Å². The fourth-order valence-electron chi connectivity index (χ4n) is 0.644. The molecule has 0 bridgehead atoms. The first kappa shape index (κ1) is 13.6. The zero-order chi connectivity index (χ0) is 11.7. The van der Waals surface area contributed by atoms with Gasteiger partial charge in [-0.15, -0.1) is 0 Å². The standard InChI is InChI=1S/C10H16O5/c1-3-7-14-9(12)5-6-10(13)15-8(11)4-2/h5-6,8,11H,3-4,7H2,1-2H3/b6-5-. The van der Waals surface area contributed by atoms with Crippen molar-refractivity contribution in [3.63, 3.8) is 0 Å². The number of hydrogen-bond donors (Lipinski definition) is 1. The van der Waals surface area contributed by atoms with Gasteiger partial charge in [0, 0.05) is 18.6 Å². The van der Waals surface area contributed by atoms with Crippen LogP contribution in [0.15, 0.2) is 12.2 Å². The maximum atomic E-state index is 10.9. The molecule has 0 aliphatic rings. The molecule has 5 nitrogen and oxygen atoms in total. The summed E-state index contributed by atoms with van der Waals surface area (Å²) in [5.74, 6) is -1.36. The van der Waals surface area contributed by atoms with Crippen molar-refractivity contribution in [2.45, 2.75) is 33.0 Å². The van der Waals surface area contributed by atoms with E-state index < -0.39 is 18.2 Å². The minimum absolute atomic E-state index is 0.305. The molecule has 15 heavy (non-hydrogen) atoms. The Balaban J connectivity index is 3.84. The van der Waals surface area contributed by atoms with E-state index in [2.05, 4.69) is 9.47 Å². The van der Waals surface area contributed by atoms with Gasteiger partial charge in [-0.2, -0.15) is 0 Å². The summed E-state index contributed by atoms with van der Waals surface area (Å²) in [6.07, 6.45) is 1.80. The zero-order valence-electron chi connectivity index (χ0n) is 8.93. The highest BCUT2D eigenvalue weighted by molar-refractivity contribution is 5.91. The van der Waals surface area contributed by atoms with Crippen LogP contribution in [0.25, 0.3) is 0 Å². The van der Waals surface area contributed by atoms with E-state index in [-0.39, 0.29) is 0 Å². The molecule has 0 radical (unpaired) electrons. The molecule has 0 saturated carbocycles. The van der Waals surface area contributed by atoms with Gasteiger partial charge in [0.05, 0.1) is 6.61 Å². The quantitative estimate of drug-likeness (QED) is 0.403. The second kappa shape index (κ2) is 7.99. The summed E-state index contributed by atoms with van der Waals surface area (Å²) in [5, 5.41) is 8.94. The maximum absolute atomic E-state index is 10.9. The summed E-state index contributed by atoms with van der Waals surface area (Å²) in [6, 6.07) is 0. The maximum Gasteiger partial charge on any atom is 0.333 e. The first-order valence-corrected chi connectivity index (χ1v) is 4.83. The van der Waals surface area contributed by atoms with E-state index in [9.17, 15) is 9.59 Å². The number of carbonyl (C=O) groups excluding carboxylic acids is 2. The van der Waals surface area contributed by atoms with Crippen LogP contribution in [-0.4, -0.2) is 29.9 Å². The van der Waals surface area contributed by atoms with Crippen molar-refractivity contribution < 1.29 is 24.2 Å². The molecule has 0 saturated heterocycles. The summed E-state index contributed by atoms with van der Waals surface area (Å²) in [4.78, 5) is 21.8. The number of aliphatic hydroxyl groups is 1. The van der Waals surface area contributed by atoms with Gasteiger partial charge in [0.1, 0.15) is 0 Å². The van der Waals surface area contributed by atoms with Crippen LogP contribution in [0.2, 0.25) is 0 Å². The molecule has 0 heterocycles. The van der Waals surface area contributed by atoms with Crippen LogP contribution in [0.4, 0.5) is 0 Å². The van der Waals surface area contributed by atoms with Crippen LogP contribution in [0, 0.1) is 0 Å². The van der Waals surface area contributed by atoms with E-state index in [1.54, 1.807) is 6.92 Å². The Morgan fingerprint density at radius 2 is 1.87 bits per heavy atom. The van der Waals surface area contributed by atoms with E-state index in [1.807, 2.05) is 6.92 Å². The normalized spacial score (nSPS) is 12.5. The molecule has 1 unspecified atom stereocenters. The number of esters is 2. The monoisotopic (exact) mass is 216 g/mol. The Hall–Kier alpha value is -1.36. The van der Waals surface area contributed by atoms with Gasteiger partial charge >= 0.3 is 11.9 Å². The van der Waals surface area contributed by atoms with Crippen LogP contribution in [0.1, 0.15) is 26.7 Å². The predicted octanol–water partition coefficient (Wildman–Crippen LogP) is 0.767. The summed E-state index contributed by atoms with van der Waals surface area (Å²) >= 11 is 0. The third-order valence-electron chi connectivity index (χ3n) is 1.41. The van der Waals surface area contributed by atoms with Crippen molar-refractivity contribution in [3.8, 4) is 0 Å². The van der Waals surface area contributed by atoms with Crippen molar-refractivity contribution in [3.05, 3.63) is 12.2 Å². The molecule has 0 rings (SSSR count). The lowest BCUT2D eigenvalue weighted by Crippen LogP contribution is -2.15. The Kier molecular flexibility index (Phi) is 7.27. The zero-order valence-corrected chi connectivity index (χ0v) is 8.93. The molecule has 0 spiro atoms. The lowest BCUT2D eigenvalue weighted by molar-refractivity contribution is -0.162. The first-order valence-electron chi connectivity index (χ1n) is 4.83. The van der Waals surface area contributed by atoms with E-state index >= 15 is 0 Å². The molecule has 5 heteroatoms. The highest BCUT2D eigenvalue weighted by Crippen LogP contribution is 1.94. The summed E-state index contributed by atoms with van der Waals surface area (Å²) in [6.45, 7) is 3.84. The fraction of sp³-hybridized carbons (Fsp3) is 0.600. The summed E-state index contributed by atoms with van der Waals surface area (Å²) in [7, 11) is 0. The average molecular weight is 216 g/mol. The number of rotatable bonds is 6. The van der Waals surface area contributed by atoms with Gasteiger partial charge in [-0.05, 0) is 6.42 Å². The van der Waals surface area contributed by atoms with E-state index in [0.29, 0.717) is 13.0 Å². The molecule has 1 atom stereocenters. The number of ether oxygens (including phenoxy) is 2. The molecule has 0 aliphatic carbocycles. The fourth-order valence-corrected chi connectivity index (χ4v) is 0.644. The van der Waals surface area contributed by atoms with Crippen molar-refractivity contribution in [2.75, 3.05) is 6.61 Å². The minimum Gasteiger partial charge on any atom is -0.463 e. The van der Waals surface area contributed by atoms with Crippen LogP contribution in [0.3, 0.4) is 0 Å². The lowest BCUT2D eigenvalue weighted by atomic mass is 10.4. The summed E-state index contributed by atoms with van der Waals surface area (Å²) in [5.41, 5.74) is 0. The van der Waals surface area contributed by atoms with Gasteiger partial charge in [0.2, 0.25) is 6.29 Å².